The summed E-state index contributed by atoms with van der Waals surface area (Å²) >= 11 is 0. The van der Waals surface area contributed by atoms with Gasteiger partial charge in [0, 0.05) is 0 Å². The third-order valence-corrected chi connectivity index (χ3v) is 5.90. The van der Waals surface area contributed by atoms with Crippen molar-refractivity contribution < 1.29 is 18.5 Å². The Morgan fingerprint density at radius 1 is 0.667 bits per heavy atom. The monoisotopic (exact) mass is 405 g/mol. The summed E-state index contributed by atoms with van der Waals surface area (Å²) in [5.74, 6) is 0. The first-order valence-electron chi connectivity index (χ1n) is 11.4. The first-order valence-corrected chi connectivity index (χ1v) is 12.9. The fraction of sp³-hybridized carbons (Fsp3) is 1.00. The lowest BCUT2D eigenvalue weighted by molar-refractivity contribution is -0.233. The Kier molecular flexibility index (Phi) is 17.1. The lowest BCUT2D eigenvalue weighted by Crippen LogP contribution is -2.22. The Morgan fingerprint density at radius 2 is 1.00 bits per heavy atom. The Labute approximate surface area is 169 Å². The van der Waals surface area contributed by atoms with Crippen LogP contribution in [0.25, 0.3) is 0 Å². The molecule has 0 fully saturated rings. The van der Waals surface area contributed by atoms with Gasteiger partial charge in [-0.1, -0.05) is 103 Å². The van der Waals surface area contributed by atoms with E-state index in [1.807, 2.05) is 0 Å². The zero-order valence-electron chi connectivity index (χ0n) is 18.6. The van der Waals surface area contributed by atoms with Gasteiger partial charge in [-0.15, -0.1) is 0 Å². The molecule has 164 valence electrons. The van der Waals surface area contributed by atoms with Crippen molar-refractivity contribution in [3.05, 3.63) is 0 Å². The van der Waals surface area contributed by atoms with Crippen LogP contribution in [0.15, 0.2) is 0 Å². The lowest BCUT2D eigenvalue weighted by Gasteiger charge is -2.30. The van der Waals surface area contributed by atoms with E-state index in [0.29, 0.717) is 0 Å². The second kappa shape index (κ2) is 17.0. The van der Waals surface area contributed by atoms with Crippen molar-refractivity contribution in [3.63, 3.8) is 0 Å². The molecule has 0 radical (unpaired) electrons. The Bertz CT molecular complexity index is 366. The first kappa shape index (κ1) is 27.1. The smallest absolute Gasteiger partial charge is 0.268 e. The van der Waals surface area contributed by atoms with Crippen LogP contribution in [-0.2, 0) is 13.6 Å². The van der Waals surface area contributed by atoms with Gasteiger partial charge in [-0.3, -0.25) is 4.57 Å². The quantitative estimate of drug-likeness (QED) is 0.164. The number of unbranched alkanes of at least 4 members (excludes halogenated alkanes) is 15. The molecule has 0 aromatic heterocycles. The number of rotatable bonds is 19. The molecule has 0 bridgehead atoms. The van der Waals surface area contributed by atoms with Gasteiger partial charge >= 0.3 is 0 Å². The molecule has 0 aliphatic heterocycles. The van der Waals surface area contributed by atoms with E-state index in [2.05, 4.69) is 6.92 Å². The van der Waals surface area contributed by atoms with Crippen LogP contribution in [0.3, 0.4) is 0 Å². The summed E-state index contributed by atoms with van der Waals surface area (Å²) in [6.45, 7) is 7.61. The van der Waals surface area contributed by atoms with Crippen molar-refractivity contribution in [2.45, 2.75) is 136 Å². The van der Waals surface area contributed by atoms with Gasteiger partial charge in [0.05, 0.1) is 12.2 Å². The molecule has 1 unspecified atom stereocenters. The van der Waals surface area contributed by atoms with Crippen LogP contribution in [0.5, 0.6) is 0 Å². The number of phosphoric acid groups is 1. The highest BCUT2D eigenvalue weighted by atomic mass is 31.2. The van der Waals surface area contributed by atoms with Crippen LogP contribution in [-0.4, -0.2) is 12.2 Å². The van der Waals surface area contributed by atoms with Crippen molar-refractivity contribution in [1.82, 2.24) is 0 Å². The molecule has 0 aliphatic rings. The van der Waals surface area contributed by atoms with Gasteiger partial charge in [-0.05, 0) is 27.2 Å². The highest BCUT2D eigenvalue weighted by Gasteiger charge is 2.19. The molecule has 0 rings (SSSR count). The molecular weight excluding hydrogens is 359 g/mol. The summed E-state index contributed by atoms with van der Waals surface area (Å²) in [6, 6.07) is 0. The van der Waals surface area contributed by atoms with Gasteiger partial charge < -0.3 is 13.9 Å². The Balaban J connectivity index is 3.24. The number of hydrogen-bond acceptors (Lipinski definition) is 4. The normalized spacial score (nSPS) is 14.4. The predicted octanol–water partition coefficient (Wildman–Crippen LogP) is 7.55. The van der Waals surface area contributed by atoms with Crippen molar-refractivity contribution in [1.29, 1.82) is 0 Å². The highest BCUT2D eigenvalue weighted by Crippen LogP contribution is 2.42. The van der Waals surface area contributed by atoms with E-state index in [1.165, 1.54) is 83.5 Å². The zero-order chi connectivity index (χ0) is 20.4. The largest absolute Gasteiger partial charge is 0.756 e. The number of phosphoric ester groups is 1. The Hall–Kier alpha value is 0.110. The van der Waals surface area contributed by atoms with E-state index in [0.717, 1.165) is 19.3 Å². The average molecular weight is 406 g/mol. The molecule has 0 N–H and O–H groups in total. The SMILES string of the molecule is CCCCCCCCCCCCCCCCCCOP(=O)([O-])OC(C)(C)C. The number of hydrogen-bond donors (Lipinski definition) is 0. The molecule has 0 saturated carbocycles. The fourth-order valence-corrected chi connectivity index (χ4v) is 4.26. The standard InChI is InChI=1S/C22H47O4P/c1-5-6-7-8-9-10-11-12-13-14-15-16-17-18-19-20-21-25-27(23,24)26-22(2,3)4/h5-21H2,1-4H3,(H,23,24)/p-1. The summed E-state index contributed by atoms with van der Waals surface area (Å²) in [6.07, 6.45) is 20.8. The van der Waals surface area contributed by atoms with Gasteiger partial charge in [0.1, 0.15) is 0 Å². The lowest BCUT2D eigenvalue weighted by atomic mass is 10.0. The van der Waals surface area contributed by atoms with Crippen molar-refractivity contribution in [2.24, 2.45) is 0 Å². The minimum Gasteiger partial charge on any atom is -0.756 e. The van der Waals surface area contributed by atoms with Gasteiger partial charge in [-0.25, -0.2) is 0 Å². The van der Waals surface area contributed by atoms with Gasteiger partial charge in [0.2, 0.25) is 0 Å². The molecule has 4 nitrogen and oxygen atoms in total. The van der Waals surface area contributed by atoms with E-state index in [9.17, 15) is 9.46 Å². The van der Waals surface area contributed by atoms with E-state index in [1.54, 1.807) is 20.8 Å². The minimum absolute atomic E-state index is 0.231. The van der Waals surface area contributed by atoms with Gasteiger partial charge in [0.25, 0.3) is 7.82 Å². The first-order chi connectivity index (χ1) is 12.8. The van der Waals surface area contributed by atoms with Gasteiger partial charge in [0.15, 0.2) is 0 Å². The van der Waals surface area contributed by atoms with Crippen molar-refractivity contribution in [2.75, 3.05) is 6.61 Å². The van der Waals surface area contributed by atoms with E-state index < -0.39 is 13.4 Å². The summed E-state index contributed by atoms with van der Waals surface area (Å²) in [4.78, 5) is 11.6. The summed E-state index contributed by atoms with van der Waals surface area (Å²) < 4.78 is 21.4. The molecular formula is C22H46O4P-. The van der Waals surface area contributed by atoms with Crippen molar-refractivity contribution in [3.8, 4) is 0 Å². The van der Waals surface area contributed by atoms with Crippen molar-refractivity contribution >= 4 is 7.82 Å². The molecule has 0 saturated heterocycles. The molecule has 0 aliphatic carbocycles. The molecule has 0 aromatic carbocycles. The fourth-order valence-electron chi connectivity index (χ4n) is 3.19. The van der Waals surface area contributed by atoms with Crippen LogP contribution < -0.4 is 4.89 Å². The topological polar surface area (TPSA) is 58.6 Å². The molecule has 0 heterocycles. The van der Waals surface area contributed by atoms with Crippen LogP contribution >= 0.6 is 7.82 Å². The van der Waals surface area contributed by atoms with E-state index >= 15 is 0 Å². The third-order valence-electron chi connectivity index (χ3n) is 4.63. The van der Waals surface area contributed by atoms with Crippen LogP contribution in [0.1, 0.15) is 130 Å². The third kappa shape index (κ3) is 22.3. The maximum Gasteiger partial charge on any atom is 0.268 e. The minimum atomic E-state index is -4.15. The zero-order valence-corrected chi connectivity index (χ0v) is 19.5. The average Bonchev–Trinajstić information content (AvgIpc) is 2.55. The van der Waals surface area contributed by atoms with Gasteiger partial charge in [-0.2, -0.15) is 0 Å². The molecule has 0 aromatic rings. The van der Waals surface area contributed by atoms with Crippen LogP contribution in [0, 0.1) is 0 Å². The van der Waals surface area contributed by atoms with E-state index in [-0.39, 0.29) is 6.61 Å². The second-order valence-electron chi connectivity index (χ2n) is 8.79. The van der Waals surface area contributed by atoms with Crippen LogP contribution in [0.2, 0.25) is 0 Å². The highest BCUT2D eigenvalue weighted by molar-refractivity contribution is 7.45. The maximum atomic E-state index is 11.6. The predicted molar refractivity (Wildman–Crippen MR) is 114 cm³/mol. The van der Waals surface area contributed by atoms with E-state index in [4.69, 9.17) is 9.05 Å². The second-order valence-corrected chi connectivity index (χ2v) is 10.1. The Morgan fingerprint density at radius 3 is 1.33 bits per heavy atom. The van der Waals surface area contributed by atoms with Crippen LogP contribution in [0.4, 0.5) is 0 Å². The maximum absolute atomic E-state index is 11.6. The summed E-state index contributed by atoms with van der Waals surface area (Å²) in [5.41, 5.74) is -0.730. The molecule has 5 heteroatoms. The summed E-state index contributed by atoms with van der Waals surface area (Å²) in [7, 11) is -4.15. The molecule has 0 amide bonds. The molecule has 1 atom stereocenters. The summed E-state index contributed by atoms with van der Waals surface area (Å²) in [5, 5.41) is 0. The molecule has 27 heavy (non-hydrogen) atoms. The molecule has 0 spiro atoms.